The third-order valence-corrected chi connectivity index (χ3v) is 4.66. The van der Waals surface area contributed by atoms with Gasteiger partial charge >= 0.3 is 0 Å². The van der Waals surface area contributed by atoms with Gasteiger partial charge in [-0.15, -0.1) is 0 Å². The molecule has 2 amide bonds. The molecule has 29 heavy (non-hydrogen) atoms. The summed E-state index contributed by atoms with van der Waals surface area (Å²) in [6, 6.07) is 9.04. The lowest BCUT2D eigenvalue weighted by atomic mass is 10.0. The van der Waals surface area contributed by atoms with Crippen molar-refractivity contribution in [3.05, 3.63) is 47.8 Å². The normalized spacial score (nSPS) is 11.3. The highest BCUT2D eigenvalue weighted by atomic mass is 16.2. The second-order valence-electron chi connectivity index (χ2n) is 7.60. The van der Waals surface area contributed by atoms with E-state index >= 15 is 0 Å². The molecule has 0 aliphatic heterocycles. The summed E-state index contributed by atoms with van der Waals surface area (Å²) < 4.78 is 1.84. The summed E-state index contributed by atoms with van der Waals surface area (Å²) in [6.07, 6.45) is 2.11. The summed E-state index contributed by atoms with van der Waals surface area (Å²) in [5.41, 5.74) is 3.46. The monoisotopic (exact) mass is 393 g/mol. The lowest BCUT2D eigenvalue weighted by molar-refractivity contribution is -0.115. The van der Waals surface area contributed by atoms with Gasteiger partial charge < -0.3 is 10.6 Å². The van der Waals surface area contributed by atoms with E-state index in [0.29, 0.717) is 29.0 Å². The predicted molar refractivity (Wildman–Crippen MR) is 115 cm³/mol. The number of nitrogens with zero attached hydrogens (tertiary/aromatic N) is 3. The van der Waals surface area contributed by atoms with Gasteiger partial charge in [-0.1, -0.05) is 20.8 Å². The molecule has 0 radical (unpaired) electrons. The topological polar surface area (TPSA) is 88.9 Å². The maximum atomic E-state index is 13.0. The minimum Gasteiger partial charge on any atom is -0.326 e. The molecule has 0 aliphatic rings. The number of pyridine rings is 1. The summed E-state index contributed by atoms with van der Waals surface area (Å²) in [5.74, 6) is -0.0831. The van der Waals surface area contributed by atoms with Crippen LogP contribution >= 0.6 is 0 Å². The molecule has 0 fully saturated rings. The maximum absolute atomic E-state index is 13.0. The van der Waals surface area contributed by atoms with Gasteiger partial charge in [0.15, 0.2) is 5.65 Å². The quantitative estimate of drug-likeness (QED) is 0.633. The van der Waals surface area contributed by atoms with E-state index in [4.69, 9.17) is 4.98 Å². The summed E-state index contributed by atoms with van der Waals surface area (Å²) in [4.78, 5) is 29.3. The van der Waals surface area contributed by atoms with Crippen molar-refractivity contribution in [2.75, 3.05) is 10.6 Å². The molecule has 2 N–H and O–H groups in total. The number of amides is 2. The number of benzene rings is 1. The zero-order valence-corrected chi connectivity index (χ0v) is 17.5. The summed E-state index contributed by atoms with van der Waals surface area (Å²) in [7, 11) is 0. The van der Waals surface area contributed by atoms with Gasteiger partial charge in [-0.2, -0.15) is 5.10 Å². The van der Waals surface area contributed by atoms with Crippen LogP contribution in [-0.2, 0) is 4.79 Å². The zero-order valence-electron chi connectivity index (χ0n) is 17.5. The standard InChI is InChI=1S/C22H27N5O2/c1-6-20(28)24-15-7-9-16(10-8-15)25-22(29)17-11-19(13(2)3)26-21-18(17)12-23-27(21)14(4)5/h7-14H,6H2,1-5H3,(H,24,28)(H,25,29). The van der Waals surface area contributed by atoms with Crippen LogP contribution in [0.5, 0.6) is 0 Å². The number of carbonyl (C=O) groups is 2. The van der Waals surface area contributed by atoms with Crippen LogP contribution in [0, 0.1) is 0 Å². The van der Waals surface area contributed by atoms with Crippen LogP contribution in [0.1, 0.15) is 69.1 Å². The number of carbonyl (C=O) groups excluding carboxylic acids is 2. The average Bonchev–Trinajstić information content (AvgIpc) is 3.12. The van der Waals surface area contributed by atoms with Crippen LogP contribution in [0.25, 0.3) is 11.0 Å². The van der Waals surface area contributed by atoms with Gasteiger partial charge in [-0.25, -0.2) is 9.67 Å². The van der Waals surface area contributed by atoms with Gasteiger partial charge in [0.2, 0.25) is 5.91 Å². The minimum atomic E-state index is -0.215. The van der Waals surface area contributed by atoms with E-state index in [2.05, 4.69) is 29.6 Å². The molecule has 2 aromatic heterocycles. The highest BCUT2D eigenvalue weighted by Crippen LogP contribution is 2.25. The molecule has 0 bridgehead atoms. The molecule has 1 aromatic carbocycles. The number of nitrogens with one attached hydrogen (secondary N) is 2. The molecule has 152 valence electrons. The molecular weight excluding hydrogens is 366 g/mol. The second kappa shape index (κ2) is 8.43. The number of hydrogen-bond acceptors (Lipinski definition) is 4. The third kappa shape index (κ3) is 4.45. The summed E-state index contributed by atoms with van der Waals surface area (Å²) in [6.45, 7) is 9.97. The molecular formula is C22H27N5O2. The number of anilines is 2. The molecule has 7 nitrogen and oxygen atoms in total. The summed E-state index contributed by atoms with van der Waals surface area (Å²) >= 11 is 0. The van der Waals surface area contributed by atoms with Crippen molar-refractivity contribution in [1.29, 1.82) is 0 Å². The first kappa shape index (κ1) is 20.5. The number of aromatic nitrogens is 3. The smallest absolute Gasteiger partial charge is 0.256 e. The Bertz CT molecular complexity index is 1040. The van der Waals surface area contributed by atoms with Crippen molar-refractivity contribution in [2.24, 2.45) is 0 Å². The minimum absolute atomic E-state index is 0.0515. The Balaban J connectivity index is 1.91. The van der Waals surface area contributed by atoms with E-state index in [-0.39, 0.29) is 23.8 Å². The van der Waals surface area contributed by atoms with Gasteiger partial charge in [0.05, 0.1) is 17.1 Å². The Morgan fingerprint density at radius 2 is 1.66 bits per heavy atom. The summed E-state index contributed by atoms with van der Waals surface area (Å²) in [5, 5.41) is 10.9. The van der Waals surface area contributed by atoms with Crippen LogP contribution < -0.4 is 10.6 Å². The third-order valence-electron chi connectivity index (χ3n) is 4.66. The molecule has 7 heteroatoms. The van der Waals surface area contributed by atoms with Crippen LogP contribution in [0.2, 0.25) is 0 Å². The number of hydrogen-bond donors (Lipinski definition) is 2. The lowest BCUT2D eigenvalue weighted by Gasteiger charge is -2.12. The van der Waals surface area contributed by atoms with Crippen LogP contribution in [0.3, 0.4) is 0 Å². The number of fused-ring (bicyclic) bond motifs is 1. The van der Waals surface area contributed by atoms with Gasteiger partial charge in [-0.05, 0) is 50.1 Å². The Hall–Kier alpha value is -3.22. The molecule has 0 atom stereocenters. The van der Waals surface area contributed by atoms with Crippen molar-refractivity contribution >= 4 is 34.2 Å². The molecule has 0 spiro atoms. The van der Waals surface area contributed by atoms with Crippen molar-refractivity contribution in [1.82, 2.24) is 14.8 Å². The molecule has 2 heterocycles. The second-order valence-corrected chi connectivity index (χ2v) is 7.60. The highest BCUT2D eigenvalue weighted by Gasteiger charge is 2.19. The zero-order chi connectivity index (χ0) is 21.1. The van der Waals surface area contributed by atoms with Crippen LogP contribution in [-0.4, -0.2) is 26.6 Å². The van der Waals surface area contributed by atoms with Gasteiger partial charge in [0.25, 0.3) is 5.91 Å². The molecule has 0 saturated heterocycles. The number of rotatable bonds is 6. The first-order valence-electron chi connectivity index (χ1n) is 9.89. The van der Waals surface area contributed by atoms with E-state index in [0.717, 1.165) is 11.1 Å². The SMILES string of the molecule is CCC(=O)Nc1ccc(NC(=O)c2cc(C(C)C)nc3c2cnn3C(C)C)cc1. The Kier molecular flexibility index (Phi) is 5.96. The fourth-order valence-electron chi connectivity index (χ4n) is 2.98. The van der Waals surface area contributed by atoms with Crippen molar-refractivity contribution in [3.63, 3.8) is 0 Å². The van der Waals surface area contributed by atoms with Crippen molar-refractivity contribution in [3.8, 4) is 0 Å². The first-order chi connectivity index (χ1) is 13.8. The highest BCUT2D eigenvalue weighted by molar-refractivity contribution is 6.12. The van der Waals surface area contributed by atoms with E-state index in [1.807, 2.05) is 24.6 Å². The Morgan fingerprint density at radius 1 is 1.03 bits per heavy atom. The fourth-order valence-corrected chi connectivity index (χ4v) is 2.98. The molecule has 0 aliphatic carbocycles. The molecule has 3 rings (SSSR count). The molecule has 3 aromatic rings. The maximum Gasteiger partial charge on any atom is 0.256 e. The van der Waals surface area contributed by atoms with Gasteiger partial charge in [0.1, 0.15) is 0 Å². The predicted octanol–water partition coefficient (Wildman–Crippen LogP) is 4.74. The lowest BCUT2D eigenvalue weighted by Crippen LogP contribution is -2.14. The Labute approximate surface area is 170 Å². The van der Waals surface area contributed by atoms with E-state index in [1.54, 1.807) is 37.4 Å². The van der Waals surface area contributed by atoms with Crippen LogP contribution in [0.4, 0.5) is 11.4 Å². The Morgan fingerprint density at radius 3 is 2.21 bits per heavy atom. The van der Waals surface area contributed by atoms with Gasteiger partial charge in [-0.3, -0.25) is 9.59 Å². The fraction of sp³-hybridized carbons (Fsp3) is 0.364. The molecule has 0 unspecified atom stereocenters. The van der Waals surface area contributed by atoms with Gasteiger partial charge in [0, 0.05) is 29.5 Å². The van der Waals surface area contributed by atoms with Crippen LogP contribution in [0.15, 0.2) is 36.5 Å². The van der Waals surface area contributed by atoms with Crippen molar-refractivity contribution < 1.29 is 9.59 Å². The average molecular weight is 393 g/mol. The largest absolute Gasteiger partial charge is 0.326 e. The van der Waals surface area contributed by atoms with Crippen molar-refractivity contribution in [2.45, 2.75) is 53.0 Å². The van der Waals surface area contributed by atoms with E-state index < -0.39 is 0 Å². The molecule has 0 saturated carbocycles. The van der Waals surface area contributed by atoms with E-state index in [1.165, 1.54) is 0 Å². The van der Waals surface area contributed by atoms with E-state index in [9.17, 15) is 9.59 Å². The first-order valence-corrected chi connectivity index (χ1v) is 9.89.